The summed E-state index contributed by atoms with van der Waals surface area (Å²) >= 11 is 3.42. The van der Waals surface area contributed by atoms with Crippen molar-refractivity contribution in [3.8, 4) is 11.5 Å². The number of amides is 3. The molecule has 4 aromatic rings. The minimum Gasteiger partial charge on any atom is -0.454 e. The Labute approximate surface area is 214 Å². The first-order valence-electron chi connectivity index (χ1n) is 11.0. The van der Waals surface area contributed by atoms with E-state index in [1.165, 1.54) is 4.68 Å². The third-order valence-electron chi connectivity index (χ3n) is 5.62. The Bertz CT molecular complexity index is 1500. The van der Waals surface area contributed by atoms with Gasteiger partial charge in [-0.3, -0.25) is 19.8 Å². The maximum absolute atomic E-state index is 13.1. The number of anilines is 1. The molecule has 182 valence electrons. The molecule has 0 saturated heterocycles. The summed E-state index contributed by atoms with van der Waals surface area (Å²) in [4.78, 5) is 38.5. The molecule has 10 heteroatoms. The number of carbonyl (C=O) groups is 3. The van der Waals surface area contributed by atoms with E-state index in [9.17, 15) is 14.4 Å². The van der Waals surface area contributed by atoms with Crippen LogP contribution in [0, 0.1) is 6.92 Å². The number of aryl methyl sites for hydroxylation is 1. The van der Waals surface area contributed by atoms with E-state index in [-0.39, 0.29) is 19.0 Å². The van der Waals surface area contributed by atoms with E-state index in [4.69, 9.17) is 9.47 Å². The number of hydrogen-bond donors (Lipinski definition) is 3. The van der Waals surface area contributed by atoms with Crippen molar-refractivity contribution in [2.45, 2.75) is 13.5 Å². The third kappa shape index (κ3) is 4.89. The van der Waals surface area contributed by atoms with Crippen LogP contribution in [0.5, 0.6) is 11.5 Å². The monoisotopic (exact) mass is 548 g/mol. The first-order valence-corrected chi connectivity index (χ1v) is 11.8. The van der Waals surface area contributed by atoms with Crippen LogP contribution >= 0.6 is 15.9 Å². The fourth-order valence-electron chi connectivity index (χ4n) is 3.77. The van der Waals surface area contributed by atoms with Crippen molar-refractivity contribution < 1.29 is 23.9 Å². The first-order chi connectivity index (χ1) is 17.4. The molecule has 0 saturated carbocycles. The van der Waals surface area contributed by atoms with Gasteiger partial charge in [-0.05, 0) is 61.0 Å². The van der Waals surface area contributed by atoms with Crippen LogP contribution in [0.1, 0.15) is 21.6 Å². The second-order valence-corrected chi connectivity index (χ2v) is 9.12. The van der Waals surface area contributed by atoms with Crippen LogP contribution in [0.3, 0.4) is 0 Å². The Morgan fingerprint density at radius 3 is 2.50 bits per heavy atom. The maximum atomic E-state index is 13.1. The molecule has 1 aliphatic rings. The van der Waals surface area contributed by atoms with E-state index in [0.717, 1.165) is 15.6 Å². The van der Waals surface area contributed by atoms with Gasteiger partial charge in [-0.1, -0.05) is 39.7 Å². The molecule has 2 heterocycles. The molecule has 3 N–H and O–H groups in total. The van der Waals surface area contributed by atoms with Crippen LogP contribution in [0.2, 0.25) is 0 Å². The minimum atomic E-state index is -0.916. The highest BCUT2D eigenvalue weighted by Gasteiger charge is 2.21. The standard InChI is InChI=1S/C26H21BrN4O5/c1-15-2-6-19(7-3-15)29-24(32)21-12-17-11-18(27)5-8-20(17)31(21)30-26(34)25(33)28-13-16-4-9-22-23(10-16)36-14-35-22/h2-12H,13-14H2,1H3,(H,28,33)(H,29,32)(H,30,34). The van der Waals surface area contributed by atoms with Gasteiger partial charge in [0.1, 0.15) is 5.69 Å². The fraction of sp³-hybridized carbons (Fsp3) is 0.115. The average molecular weight is 549 g/mol. The van der Waals surface area contributed by atoms with Crippen LogP contribution in [0.25, 0.3) is 10.9 Å². The van der Waals surface area contributed by atoms with E-state index >= 15 is 0 Å². The average Bonchev–Trinajstić information content (AvgIpc) is 3.48. The van der Waals surface area contributed by atoms with Crippen molar-refractivity contribution in [3.05, 3.63) is 88.0 Å². The first kappa shape index (κ1) is 23.4. The van der Waals surface area contributed by atoms with E-state index in [2.05, 4.69) is 32.0 Å². The molecule has 0 bridgehead atoms. The lowest BCUT2D eigenvalue weighted by Crippen LogP contribution is -2.39. The molecule has 3 aromatic carbocycles. The van der Waals surface area contributed by atoms with Gasteiger partial charge in [0.05, 0.1) is 5.52 Å². The normalized spacial score (nSPS) is 11.8. The van der Waals surface area contributed by atoms with Gasteiger partial charge in [0, 0.05) is 22.1 Å². The Balaban J connectivity index is 1.34. The van der Waals surface area contributed by atoms with E-state index in [1.807, 2.05) is 25.1 Å². The number of halogens is 1. The highest BCUT2D eigenvalue weighted by molar-refractivity contribution is 9.10. The van der Waals surface area contributed by atoms with Crippen molar-refractivity contribution >= 4 is 50.2 Å². The van der Waals surface area contributed by atoms with E-state index in [0.29, 0.717) is 28.1 Å². The number of benzene rings is 3. The van der Waals surface area contributed by atoms with Crippen LogP contribution in [0.4, 0.5) is 5.69 Å². The Kier molecular flexibility index (Phi) is 6.34. The summed E-state index contributed by atoms with van der Waals surface area (Å²) in [5.41, 5.74) is 5.69. The van der Waals surface area contributed by atoms with Crippen molar-refractivity contribution in [1.29, 1.82) is 0 Å². The fourth-order valence-corrected chi connectivity index (χ4v) is 4.15. The number of carbonyl (C=O) groups excluding carboxylic acids is 3. The summed E-state index contributed by atoms with van der Waals surface area (Å²) < 4.78 is 12.7. The van der Waals surface area contributed by atoms with Crippen LogP contribution in [-0.4, -0.2) is 29.2 Å². The minimum absolute atomic E-state index is 0.114. The maximum Gasteiger partial charge on any atom is 0.328 e. The SMILES string of the molecule is Cc1ccc(NC(=O)c2cc3cc(Br)ccc3n2NC(=O)C(=O)NCc2ccc3c(c2)OCO3)cc1. The summed E-state index contributed by atoms with van der Waals surface area (Å²) in [7, 11) is 0. The van der Waals surface area contributed by atoms with Gasteiger partial charge in [-0.15, -0.1) is 0 Å². The van der Waals surface area contributed by atoms with Crippen LogP contribution in [0.15, 0.2) is 71.2 Å². The molecule has 0 unspecified atom stereocenters. The zero-order valence-corrected chi connectivity index (χ0v) is 20.7. The van der Waals surface area contributed by atoms with Gasteiger partial charge in [0.2, 0.25) is 6.79 Å². The molecule has 0 atom stereocenters. The number of nitrogens with zero attached hydrogens (tertiary/aromatic N) is 1. The summed E-state index contributed by atoms with van der Waals surface area (Å²) in [6.45, 7) is 2.21. The largest absolute Gasteiger partial charge is 0.454 e. The topological polar surface area (TPSA) is 111 Å². The van der Waals surface area contributed by atoms with Crippen molar-refractivity contribution in [3.63, 3.8) is 0 Å². The summed E-state index contributed by atoms with van der Waals surface area (Å²) in [5, 5.41) is 6.12. The molecular weight excluding hydrogens is 528 g/mol. The summed E-state index contributed by atoms with van der Waals surface area (Å²) in [6.07, 6.45) is 0. The van der Waals surface area contributed by atoms with Crippen LogP contribution in [-0.2, 0) is 16.1 Å². The molecule has 3 amide bonds. The molecule has 0 fully saturated rings. The Morgan fingerprint density at radius 2 is 1.69 bits per heavy atom. The molecule has 0 aliphatic carbocycles. The molecule has 1 aliphatic heterocycles. The second kappa shape index (κ2) is 9.74. The van der Waals surface area contributed by atoms with Gasteiger partial charge < -0.3 is 20.1 Å². The third-order valence-corrected chi connectivity index (χ3v) is 6.11. The number of aromatic nitrogens is 1. The number of rotatable bonds is 5. The van der Waals surface area contributed by atoms with Gasteiger partial charge in [0.25, 0.3) is 5.91 Å². The number of ether oxygens (including phenoxy) is 2. The lowest BCUT2D eigenvalue weighted by atomic mass is 10.2. The highest BCUT2D eigenvalue weighted by Crippen LogP contribution is 2.32. The Hall–Kier alpha value is -4.31. The highest BCUT2D eigenvalue weighted by atomic mass is 79.9. The van der Waals surface area contributed by atoms with Crippen LogP contribution < -0.4 is 25.5 Å². The zero-order chi connectivity index (χ0) is 25.2. The molecule has 9 nitrogen and oxygen atoms in total. The van der Waals surface area contributed by atoms with Gasteiger partial charge in [0.15, 0.2) is 11.5 Å². The zero-order valence-electron chi connectivity index (χ0n) is 19.1. The lowest BCUT2D eigenvalue weighted by molar-refractivity contribution is -0.136. The van der Waals surface area contributed by atoms with E-state index in [1.54, 1.807) is 48.5 Å². The predicted molar refractivity (Wildman–Crippen MR) is 138 cm³/mol. The molecule has 5 rings (SSSR count). The number of hydrogen-bond acceptors (Lipinski definition) is 5. The molecular formula is C26H21BrN4O5. The van der Waals surface area contributed by atoms with Crippen molar-refractivity contribution in [2.24, 2.45) is 0 Å². The Morgan fingerprint density at radius 1 is 0.917 bits per heavy atom. The van der Waals surface area contributed by atoms with Gasteiger partial charge in [-0.2, -0.15) is 0 Å². The molecule has 0 radical (unpaired) electrons. The molecule has 1 aromatic heterocycles. The molecule has 0 spiro atoms. The smallest absolute Gasteiger partial charge is 0.328 e. The lowest BCUT2D eigenvalue weighted by Gasteiger charge is -2.13. The van der Waals surface area contributed by atoms with Gasteiger partial charge in [-0.25, -0.2) is 4.68 Å². The quantitative estimate of drug-likeness (QED) is 0.325. The van der Waals surface area contributed by atoms with E-state index < -0.39 is 17.7 Å². The van der Waals surface area contributed by atoms with Gasteiger partial charge >= 0.3 is 11.8 Å². The summed E-state index contributed by atoms with van der Waals surface area (Å²) in [5.74, 6) is -0.991. The van der Waals surface area contributed by atoms with Crippen molar-refractivity contribution in [1.82, 2.24) is 9.99 Å². The predicted octanol–water partition coefficient (Wildman–Crippen LogP) is 4.08. The summed E-state index contributed by atoms with van der Waals surface area (Å²) in [6, 6.07) is 19.6. The van der Waals surface area contributed by atoms with Crippen molar-refractivity contribution in [2.75, 3.05) is 17.5 Å². The second-order valence-electron chi connectivity index (χ2n) is 8.20. The number of nitrogens with one attached hydrogen (secondary N) is 3. The molecule has 36 heavy (non-hydrogen) atoms. The number of fused-ring (bicyclic) bond motifs is 2.